The Labute approximate surface area is 85.3 Å². The van der Waals surface area contributed by atoms with E-state index in [0.717, 1.165) is 38.9 Å². The van der Waals surface area contributed by atoms with Gasteiger partial charge in [0, 0.05) is 25.6 Å². The van der Waals surface area contributed by atoms with Gasteiger partial charge < -0.3 is 10.2 Å². The Hall–Kier alpha value is -0.280. The lowest BCUT2D eigenvalue weighted by Gasteiger charge is -2.31. The zero-order valence-corrected chi connectivity index (χ0v) is 8.61. The lowest BCUT2D eigenvalue weighted by atomic mass is 10.1. The molecule has 0 aliphatic carbocycles. The minimum Gasteiger partial charge on any atom is -0.338 e. The van der Waals surface area contributed by atoms with Crippen LogP contribution in [-0.4, -0.2) is 36.5 Å². The van der Waals surface area contributed by atoms with Crippen molar-refractivity contribution in [1.82, 2.24) is 10.2 Å². The monoisotopic (exact) mass is 204 g/mol. The molecule has 2 heterocycles. The van der Waals surface area contributed by atoms with Gasteiger partial charge in [-0.1, -0.05) is 0 Å². The quantitative estimate of drug-likeness (QED) is 0.685. The van der Waals surface area contributed by atoms with Gasteiger partial charge in [0.05, 0.1) is 0 Å². The van der Waals surface area contributed by atoms with Crippen LogP contribution in [0.4, 0.5) is 0 Å². The van der Waals surface area contributed by atoms with Crippen LogP contribution in [0.15, 0.2) is 0 Å². The topological polar surface area (TPSA) is 32.3 Å². The fourth-order valence-electron chi connectivity index (χ4n) is 2.12. The first-order chi connectivity index (χ1) is 5.88. The number of hydrogen-bond acceptors (Lipinski definition) is 2. The molecule has 4 heteroatoms. The summed E-state index contributed by atoms with van der Waals surface area (Å²) in [4.78, 5) is 13.6. The maximum atomic E-state index is 11.5. The molecule has 13 heavy (non-hydrogen) atoms. The van der Waals surface area contributed by atoms with E-state index < -0.39 is 0 Å². The SMILES string of the molecule is Cl.O=C1CCCCN1[C@H]1CCNC1. The van der Waals surface area contributed by atoms with E-state index in [1.54, 1.807) is 0 Å². The molecule has 2 aliphatic heterocycles. The molecule has 0 radical (unpaired) electrons. The average Bonchev–Trinajstić information content (AvgIpc) is 2.57. The highest BCUT2D eigenvalue weighted by molar-refractivity contribution is 5.85. The fourth-order valence-corrected chi connectivity index (χ4v) is 2.12. The van der Waals surface area contributed by atoms with Crippen molar-refractivity contribution in [2.45, 2.75) is 31.7 Å². The Morgan fingerprint density at radius 1 is 1.38 bits per heavy atom. The summed E-state index contributed by atoms with van der Waals surface area (Å²) in [7, 11) is 0. The first-order valence-electron chi connectivity index (χ1n) is 4.88. The second kappa shape index (κ2) is 4.82. The summed E-state index contributed by atoms with van der Waals surface area (Å²) in [5.41, 5.74) is 0. The van der Waals surface area contributed by atoms with Crippen LogP contribution in [0.3, 0.4) is 0 Å². The average molecular weight is 205 g/mol. The number of amides is 1. The molecule has 76 valence electrons. The number of halogens is 1. The number of carbonyl (C=O) groups is 1. The summed E-state index contributed by atoms with van der Waals surface area (Å²) >= 11 is 0. The fraction of sp³-hybridized carbons (Fsp3) is 0.889. The summed E-state index contributed by atoms with van der Waals surface area (Å²) in [5, 5.41) is 3.30. The minimum absolute atomic E-state index is 0. The van der Waals surface area contributed by atoms with E-state index in [-0.39, 0.29) is 12.4 Å². The Balaban J connectivity index is 0.000000845. The van der Waals surface area contributed by atoms with E-state index in [0.29, 0.717) is 11.9 Å². The predicted molar refractivity (Wildman–Crippen MR) is 54.1 cm³/mol. The first-order valence-corrected chi connectivity index (χ1v) is 4.88. The van der Waals surface area contributed by atoms with Crippen molar-refractivity contribution in [1.29, 1.82) is 0 Å². The van der Waals surface area contributed by atoms with Crippen LogP contribution in [0.25, 0.3) is 0 Å². The molecular weight excluding hydrogens is 188 g/mol. The van der Waals surface area contributed by atoms with Crippen LogP contribution in [0.2, 0.25) is 0 Å². The van der Waals surface area contributed by atoms with Gasteiger partial charge in [0.2, 0.25) is 5.91 Å². The van der Waals surface area contributed by atoms with Gasteiger partial charge in [-0.3, -0.25) is 4.79 Å². The molecular formula is C9H17ClN2O. The summed E-state index contributed by atoms with van der Waals surface area (Å²) < 4.78 is 0. The van der Waals surface area contributed by atoms with Crippen molar-refractivity contribution in [3.63, 3.8) is 0 Å². The second-order valence-corrected chi connectivity index (χ2v) is 3.69. The lowest BCUT2D eigenvalue weighted by molar-refractivity contribution is -0.135. The number of carbonyl (C=O) groups excluding carboxylic acids is 1. The van der Waals surface area contributed by atoms with Gasteiger partial charge in [0.1, 0.15) is 0 Å². The van der Waals surface area contributed by atoms with Gasteiger partial charge in [-0.25, -0.2) is 0 Å². The van der Waals surface area contributed by atoms with E-state index in [2.05, 4.69) is 10.2 Å². The van der Waals surface area contributed by atoms with Crippen molar-refractivity contribution >= 4 is 18.3 Å². The highest BCUT2D eigenvalue weighted by Crippen LogP contribution is 2.16. The van der Waals surface area contributed by atoms with E-state index >= 15 is 0 Å². The molecule has 2 aliphatic rings. The van der Waals surface area contributed by atoms with E-state index in [1.807, 2.05) is 0 Å². The van der Waals surface area contributed by atoms with E-state index in [9.17, 15) is 4.79 Å². The predicted octanol–water partition coefficient (Wildman–Crippen LogP) is 0.783. The molecule has 0 bridgehead atoms. The zero-order valence-electron chi connectivity index (χ0n) is 7.79. The summed E-state index contributed by atoms with van der Waals surface area (Å²) in [6.45, 7) is 3.07. The van der Waals surface area contributed by atoms with Crippen LogP contribution < -0.4 is 5.32 Å². The number of nitrogens with zero attached hydrogens (tertiary/aromatic N) is 1. The van der Waals surface area contributed by atoms with Crippen LogP contribution in [0.5, 0.6) is 0 Å². The highest BCUT2D eigenvalue weighted by Gasteiger charge is 2.27. The largest absolute Gasteiger partial charge is 0.338 e. The number of hydrogen-bond donors (Lipinski definition) is 1. The normalized spacial score (nSPS) is 28.8. The van der Waals surface area contributed by atoms with Gasteiger partial charge in [-0.2, -0.15) is 0 Å². The highest BCUT2D eigenvalue weighted by atomic mass is 35.5. The Kier molecular flexibility index (Phi) is 4.00. The summed E-state index contributed by atoms with van der Waals surface area (Å²) in [6.07, 6.45) is 4.21. The molecule has 1 amide bonds. The molecule has 2 rings (SSSR count). The molecule has 3 nitrogen and oxygen atoms in total. The molecule has 0 saturated carbocycles. The van der Waals surface area contributed by atoms with Crippen LogP contribution >= 0.6 is 12.4 Å². The van der Waals surface area contributed by atoms with Gasteiger partial charge in [-0.05, 0) is 25.8 Å². The molecule has 2 fully saturated rings. The van der Waals surface area contributed by atoms with Crippen molar-refractivity contribution < 1.29 is 4.79 Å². The minimum atomic E-state index is 0. The van der Waals surface area contributed by atoms with E-state index in [4.69, 9.17) is 0 Å². The Morgan fingerprint density at radius 3 is 2.85 bits per heavy atom. The number of piperidine rings is 1. The number of nitrogens with one attached hydrogen (secondary N) is 1. The molecule has 0 aromatic heterocycles. The van der Waals surface area contributed by atoms with Gasteiger partial charge in [0.25, 0.3) is 0 Å². The smallest absolute Gasteiger partial charge is 0.222 e. The molecule has 0 spiro atoms. The van der Waals surface area contributed by atoms with Crippen LogP contribution in [-0.2, 0) is 4.79 Å². The van der Waals surface area contributed by atoms with Gasteiger partial charge in [0.15, 0.2) is 0 Å². The Bertz CT molecular complexity index is 180. The molecule has 2 saturated heterocycles. The Morgan fingerprint density at radius 2 is 2.23 bits per heavy atom. The molecule has 1 N–H and O–H groups in total. The lowest BCUT2D eigenvalue weighted by Crippen LogP contribution is -2.44. The summed E-state index contributed by atoms with van der Waals surface area (Å²) in [6, 6.07) is 0.498. The van der Waals surface area contributed by atoms with Crippen molar-refractivity contribution in [3.05, 3.63) is 0 Å². The van der Waals surface area contributed by atoms with Crippen LogP contribution in [0, 0.1) is 0 Å². The van der Waals surface area contributed by atoms with Crippen molar-refractivity contribution in [2.24, 2.45) is 0 Å². The van der Waals surface area contributed by atoms with Crippen molar-refractivity contribution in [3.8, 4) is 0 Å². The zero-order chi connectivity index (χ0) is 8.39. The molecule has 0 aromatic rings. The molecule has 0 aromatic carbocycles. The van der Waals surface area contributed by atoms with Crippen molar-refractivity contribution in [2.75, 3.05) is 19.6 Å². The second-order valence-electron chi connectivity index (χ2n) is 3.69. The van der Waals surface area contributed by atoms with Gasteiger partial charge >= 0.3 is 0 Å². The van der Waals surface area contributed by atoms with E-state index in [1.165, 1.54) is 6.42 Å². The third-order valence-electron chi connectivity index (χ3n) is 2.84. The maximum absolute atomic E-state index is 11.5. The first kappa shape index (κ1) is 10.8. The standard InChI is InChI=1S/C9H16N2O.ClH/c12-9-3-1-2-6-11(9)8-4-5-10-7-8;/h8,10H,1-7H2;1H/t8-;/m0./s1. The molecule has 0 unspecified atom stereocenters. The third kappa shape index (κ3) is 2.35. The summed E-state index contributed by atoms with van der Waals surface area (Å²) in [5.74, 6) is 0.370. The number of likely N-dealkylation sites (tertiary alicyclic amines) is 1. The van der Waals surface area contributed by atoms with Crippen LogP contribution in [0.1, 0.15) is 25.7 Å². The maximum Gasteiger partial charge on any atom is 0.222 e. The molecule has 1 atom stereocenters. The van der Waals surface area contributed by atoms with Gasteiger partial charge in [-0.15, -0.1) is 12.4 Å². The number of rotatable bonds is 1. The third-order valence-corrected chi connectivity index (χ3v) is 2.84.